The van der Waals surface area contributed by atoms with E-state index in [9.17, 15) is 0 Å². The highest BCUT2D eigenvalue weighted by Gasteiger charge is 2.20. The van der Waals surface area contributed by atoms with Gasteiger partial charge in [0.15, 0.2) is 0 Å². The average Bonchev–Trinajstić information content (AvgIpc) is 2.80. The third-order valence-electron chi connectivity index (χ3n) is 3.81. The lowest BCUT2D eigenvalue weighted by atomic mass is 10.0. The van der Waals surface area contributed by atoms with E-state index < -0.39 is 0 Å². The van der Waals surface area contributed by atoms with Crippen molar-refractivity contribution in [1.82, 2.24) is 4.90 Å². The van der Waals surface area contributed by atoms with Gasteiger partial charge in [0.1, 0.15) is 0 Å². The SMILES string of the molecule is Cc1ccccc1CCCN1CCC(CO)C1. The second-order valence-corrected chi connectivity index (χ2v) is 5.17. The van der Waals surface area contributed by atoms with Gasteiger partial charge >= 0.3 is 0 Å². The van der Waals surface area contributed by atoms with Crippen molar-refractivity contribution in [3.63, 3.8) is 0 Å². The Bertz CT molecular complexity index is 351. The van der Waals surface area contributed by atoms with Crippen LogP contribution in [0.3, 0.4) is 0 Å². The lowest BCUT2D eigenvalue weighted by Crippen LogP contribution is -2.23. The lowest BCUT2D eigenvalue weighted by Gasteiger charge is -2.15. The summed E-state index contributed by atoms with van der Waals surface area (Å²) in [6.07, 6.45) is 3.57. The highest BCUT2D eigenvalue weighted by atomic mass is 16.3. The first-order valence-corrected chi connectivity index (χ1v) is 6.67. The van der Waals surface area contributed by atoms with E-state index in [1.807, 2.05) is 0 Å². The van der Waals surface area contributed by atoms with Crippen LogP contribution in [0, 0.1) is 12.8 Å². The van der Waals surface area contributed by atoms with Gasteiger partial charge in [-0.05, 0) is 56.3 Å². The van der Waals surface area contributed by atoms with Crippen molar-refractivity contribution < 1.29 is 5.11 Å². The van der Waals surface area contributed by atoms with Crippen LogP contribution in [0.25, 0.3) is 0 Å². The number of aliphatic hydroxyl groups is 1. The summed E-state index contributed by atoms with van der Waals surface area (Å²) in [4.78, 5) is 2.49. The summed E-state index contributed by atoms with van der Waals surface area (Å²) in [7, 11) is 0. The molecular formula is C15H23NO. The molecule has 0 radical (unpaired) electrons. The molecule has 2 nitrogen and oxygen atoms in total. The van der Waals surface area contributed by atoms with Crippen molar-refractivity contribution in [2.24, 2.45) is 5.92 Å². The molecule has 1 aliphatic heterocycles. The molecule has 2 rings (SSSR count). The number of hydrogen-bond acceptors (Lipinski definition) is 2. The van der Waals surface area contributed by atoms with Gasteiger partial charge in [-0.3, -0.25) is 0 Å². The van der Waals surface area contributed by atoms with Gasteiger partial charge in [0.05, 0.1) is 0 Å². The van der Waals surface area contributed by atoms with E-state index >= 15 is 0 Å². The Hall–Kier alpha value is -0.860. The van der Waals surface area contributed by atoms with E-state index in [2.05, 4.69) is 36.1 Å². The third-order valence-corrected chi connectivity index (χ3v) is 3.81. The van der Waals surface area contributed by atoms with E-state index in [0.717, 1.165) is 6.54 Å². The molecule has 1 N–H and O–H groups in total. The summed E-state index contributed by atoms with van der Waals surface area (Å²) >= 11 is 0. The molecule has 0 aliphatic carbocycles. The molecule has 17 heavy (non-hydrogen) atoms. The van der Waals surface area contributed by atoms with Gasteiger partial charge in [-0.15, -0.1) is 0 Å². The normalized spacial score (nSPS) is 20.9. The van der Waals surface area contributed by atoms with Crippen molar-refractivity contribution in [2.75, 3.05) is 26.2 Å². The predicted molar refractivity (Wildman–Crippen MR) is 71.1 cm³/mol. The van der Waals surface area contributed by atoms with Gasteiger partial charge in [0.2, 0.25) is 0 Å². The molecule has 1 unspecified atom stereocenters. The summed E-state index contributed by atoms with van der Waals surface area (Å²) in [5.74, 6) is 0.522. The first-order valence-electron chi connectivity index (χ1n) is 6.67. The van der Waals surface area contributed by atoms with Crippen LogP contribution in [-0.4, -0.2) is 36.2 Å². The minimum absolute atomic E-state index is 0.355. The molecule has 1 aliphatic rings. The molecule has 1 fully saturated rings. The summed E-state index contributed by atoms with van der Waals surface area (Å²) in [6, 6.07) is 8.65. The van der Waals surface area contributed by atoms with Gasteiger partial charge in [0.25, 0.3) is 0 Å². The molecule has 0 amide bonds. The molecule has 0 saturated carbocycles. The van der Waals surface area contributed by atoms with Crippen LogP contribution in [0.1, 0.15) is 24.0 Å². The summed E-state index contributed by atoms with van der Waals surface area (Å²) in [6.45, 7) is 5.97. The highest BCUT2D eigenvalue weighted by Crippen LogP contribution is 2.16. The maximum atomic E-state index is 9.10. The molecule has 1 atom stereocenters. The second kappa shape index (κ2) is 6.18. The van der Waals surface area contributed by atoms with E-state index in [4.69, 9.17) is 5.11 Å². The van der Waals surface area contributed by atoms with Gasteiger partial charge in [-0.1, -0.05) is 24.3 Å². The third kappa shape index (κ3) is 3.55. The standard InChI is InChI=1S/C15H23NO/c1-13-5-2-3-6-15(13)7-4-9-16-10-8-14(11-16)12-17/h2-3,5-6,14,17H,4,7-12H2,1H3. The van der Waals surface area contributed by atoms with Gasteiger partial charge in [-0.2, -0.15) is 0 Å². The fourth-order valence-electron chi connectivity index (χ4n) is 2.65. The summed E-state index contributed by atoms with van der Waals surface area (Å²) in [5, 5.41) is 9.10. The Kier molecular flexibility index (Phi) is 4.57. The number of rotatable bonds is 5. The Morgan fingerprint density at radius 1 is 1.35 bits per heavy atom. The second-order valence-electron chi connectivity index (χ2n) is 5.17. The van der Waals surface area contributed by atoms with E-state index in [0.29, 0.717) is 12.5 Å². The Morgan fingerprint density at radius 2 is 2.18 bits per heavy atom. The number of aliphatic hydroxyl groups excluding tert-OH is 1. The van der Waals surface area contributed by atoms with E-state index in [1.54, 1.807) is 0 Å². The zero-order valence-electron chi connectivity index (χ0n) is 10.7. The van der Waals surface area contributed by atoms with Crippen LogP contribution in [0.2, 0.25) is 0 Å². The number of nitrogens with zero attached hydrogens (tertiary/aromatic N) is 1. The van der Waals surface area contributed by atoms with Gasteiger partial charge in [-0.25, -0.2) is 0 Å². The molecule has 1 heterocycles. The average molecular weight is 233 g/mol. The Labute approximate surface area is 104 Å². The molecule has 0 aromatic heterocycles. The van der Waals surface area contributed by atoms with Crippen molar-refractivity contribution in [2.45, 2.75) is 26.2 Å². The van der Waals surface area contributed by atoms with Crippen LogP contribution >= 0.6 is 0 Å². The molecule has 2 heteroatoms. The van der Waals surface area contributed by atoms with Crippen molar-refractivity contribution in [1.29, 1.82) is 0 Å². The molecule has 1 aromatic rings. The van der Waals surface area contributed by atoms with E-state index in [-0.39, 0.29) is 0 Å². The molecule has 1 aromatic carbocycles. The minimum atomic E-state index is 0.355. The van der Waals surface area contributed by atoms with Crippen molar-refractivity contribution in [3.8, 4) is 0 Å². The molecule has 94 valence electrons. The monoisotopic (exact) mass is 233 g/mol. The fourth-order valence-corrected chi connectivity index (χ4v) is 2.65. The first kappa shape index (κ1) is 12.6. The smallest absolute Gasteiger partial charge is 0.0471 e. The first-order chi connectivity index (χ1) is 8.29. The predicted octanol–water partition coefficient (Wildman–Crippen LogP) is 2.24. The maximum absolute atomic E-state index is 9.10. The number of likely N-dealkylation sites (tertiary alicyclic amines) is 1. The molecule has 0 spiro atoms. The maximum Gasteiger partial charge on any atom is 0.0471 e. The zero-order valence-corrected chi connectivity index (χ0v) is 10.7. The summed E-state index contributed by atoms with van der Waals surface area (Å²) in [5.41, 5.74) is 2.88. The zero-order chi connectivity index (χ0) is 12.1. The number of benzene rings is 1. The molecular weight excluding hydrogens is 210 g/mol. The Balaban J connectivity index is 1.72. The number of hydrogen-bond donors (Lipinski definition) is 1. The topological polar surface area (TPSA) is 23.5 Å². The van der Waals surface area contributed by atoms with Crippen molar-refractivity contribution >= 4 is 0 Å². The van der Waals surface area contributed by atoms with Crippen LogP contribution in [0.15, 0.2) is 24.3 Å². The van der Waals surface area contributed by atoms with Crippen molar-refractivity contribution in [3.05, 3.63) is 35.4 Å². The van der Waals surface area contributed by atoms with Gasteiger partial charge < -0.3 is 10.0 Å². The van der Waals surface area contributed by atoms with Gasteiger partial charge in [0, 0.05) is 13.2 Å². The largest absolute Gasteiger partial charge is 0.396 e. The van der Waals surface area contributed by atoms with E-state index in [1.165, 1.54) is 43.5 Å². The van der Waals surface area contributed by atoms with Crippen LogP contribution in [0.5, 0.6) is 0 Å². The quantitative estimate of drug-likeness (QED) is 0.843. The Morgan fingerprint density at radius 3 is 2.88 bits per heavy atom. The molecule has 1 saturated heterocycles. The van der Waals surface area contributed by atoms with Crippen LogP contribution in [0.4, 0.5) is 0 Å². The fraction of sp³-hybridized carbons (Fsp3) is 0.600. The summed E-state index contributed by atoms with van der Waals surface area (Å²) < 4.78 is 0. The van der Waals surface area contributed by atoms with Crippen LogP contribution in [-0.2, 0) is 6.42 Å². The number of aryl methyl sites for hydroxylation is 2. The molecule has 0 bridgehead atoms. The van der Waals surface area contributed by atoms with Crippen LogP contribution < -0.4 is 0 Å². The lowest BCUT2D eigenvalue weighted by molar-refractivity contribution is 0.221. The highest BCUT2D eigenvalue weighted by molar-refractivity contribution is 5.25. The minimum Gasteiger partial charge on any atom is -0.396 e.